The van der Waals surface area contributed by atoms with Gasteiger partial charge in [0.1, 0.15) is 11.5 Å². The summed E-state index contributed by atoms with van der Waals surface area (Å²) in [4.78, 5) is 22.9. The number of carboxylic acid groups (broad SMARTS) is 1. The topological polar surface area (TPSA) is 72.8 Å². The summed E-state index contributed by atoms with van der Waals surface area (Å²) in [7, 11) is 0. The van der Waals surface area contributed by atoms with Crippen LogP contribution in [-0.4, -0.2) is 23.7 Å². The van der Waals surface area contributed by atoms with E-state index in [2.05, 4.69) is 15.9 Å². The van der Waals surface area contributed by atoms with Gasteiger partial charge in [0.25, 0.3) is 0 Å². The monoisotopic (exact) mass is 400 g/mol. The average molecular weight is 401 g/mol. The normalized spacial score (nSPS) is 10.4. The molecular formula is C19H13BrO5. The molecule has 0 heterocycles. The molecule has 0 saturated heterocycles. The molecule has 0 atom stereocenters. The number of carbonyl (C=O) groups is 2. The van der Waals surface area contributed by atoms with Gasteiger partial charge < -0.3 is 14.6 Å². The molecule has 5 nitrogen and oxygen atoms in total. The van der Waals surface area contributed by atoms with Gasteiger partial charge in [-0.05, 0) is 51.0 Å². The van der Waals surface area contributed by atoms with Crippen LogP contribution in [0.1, 0.15) is 10.4 Å². The number of esters is 1. The van der Waals surface area contributed by atoms with Crippen molar-refractivity contribution in [2.24, 2.45) is 0 Å². The van der Waals surface area contributed by atoms with Crippen molar-refractivity contribution >= 4 is 38.6 Å². The number of carboxylic acids is 1. The molecule has 0 amide bonds. The van der Waals surface area contributed by atoms with Crippen LogP contribution in [0.15, 0.2) is 65.1 Å². The van der Waals surface area contributed by atoms with Crippen LogP contribution in [-0.2, 0) is 4.79 Å². The maximum atomic E-state index is 11.9. The van der Waals surface area contributed by atoms with Crippen molar-refractivity contribution in [1.82, 2.24) is 0 Å². The number of carbonyl (C=O) groups excluding carboxylic acids is 1. The van der Waals surface area contributed by atoms with E-state index in [0.717, 1.165) is 15.2 Å². The predicted octanol–water partition coefficient (Wildman–Crippen LogP) is 4.28. The summed E-state index contributed by atoms with van der Waals surface area (Å²) in [5.41, 5.74) is 0.0449. The number of aromatic carboxylic acids is 1. The largest absolute Gasteiger partial charge is 0.481 e. The Kier molecular flexibility index (Phi) is 5.00. The third-order valence-corrected chi connectivity index (χ3v) is 4.30. The van der Waals surface area contributed by atoms with Gasteiger partial charge in [0.05, 0.1) is 10.0 Å². The molecule has 0 unspecified atom stereocenters. The van der Waals surface area contributed by atoms with Crippen molar-refractivity contribution in [2.45, 2.75) is 0 Å². The molecule has 3 aromatic rings. The Morgan fingerprint density at radius 3 is 2.60 bits per heavy atom. The third kappa shape index (κ3) is 3.97. The minimum atomic E-state index is -1.09. The molecule has 25 heavy (non-hydrogen) atoms. The van der Waals surface area contributed by atoms with Crippen molar-refractivity contribution in [3.05, 3.63) is 70.7 Å². The zero-order valence-corrected chi connectivity index (χ0v) is 14.5. The lowest BCUT2D eigenvalue weighted by atomic mass is 10.1. The van der Waals surface area contributed by atoms with Gasteiger partial charge in [0.2, 0.25) is 0 Å². The fraction of sp³-hybridized carbons (Fsp3) is 0.0526. The quantitative estimate of drug-likeness (QED) is 0.510. The Labute approximate surface area is 151 Å². The molecule has 0 radical (unpaired) electrons. The minimum Gasteiger partial charge on any atom is -0.481 e. The van der Waals surface area contributed by atoms with Crippen molar-refractivity contribution in [3.8, 4) is 11.5 Å². The molecular weight excluding hydrogens is 388 g/mol. The van der Waals surface area contributed by atoms with Crippen molar-refractivity contribution in [3.63, 3.8) is 0 Å². The Morgan fingerprint density at radius 2 is 1.80 bits per heavy atom. The standard InChI is InChI=1S/C19H13BrO5/c20-18-15-7-2-1-4-12(15)8-9-16(18)24-11-17(21)25-14-6-3-5-13(10-14)19(22)23/h1-10H,11H2,(H,22,23). The lowest BCUT2D eigenvalue weighted by Gasteiger charge is -2.10. The number of fused-ring (bicyclic) bond motifs is 1. The molecule has 3 aromatic carbocycles. The van der Waals surface area contributed by atoms with Gasteiger partial charge in [-0.25, -0.2) is 9.59 Å². The summed E-state index contributed by atoms with van der Waals surface area (Å²) in [6, 6.07) is 17.2. The van der Waals surface area contributed by atoms with Crippen LogP contribution in [0.2, 0.25) is 0 Å². The van der Waals surface area contributed by atoms with E-state index >= 15 is 0 Å². The average Bonchev–Trinajstić information content (AvgIpc) is 2.61. The minimum absolute atomic E-state index is 0.0449. The van der Waals surface area contributed by atoms with Gasteiger partial charge in [-0.1, -0.05) is 36.4 Å². The summed E-state index contributed by atoms with van der Waals surface area (Å²) in [5.74, 6) is -1.03. The molecule has 126 valence electrons. The predicted molar refractivity (Wildman–Crippen MR) is 96.2 cm³/mol. The first-order valence-electron chi connectivity index (χ1n) is 7.38. The van der Waals surface area contributed by atoms with Gasteiger partial charge in [-0.3, -0.25) is 0 Å². The van der Waals surface area contributed by atoms with E-state index in [1.807, 2.05) is 30.3 Å². The van der Waals surface area contributed by atoms with E-state index in [1.165, 1.54) is 24.3 Å². The van der Waals surface area contributed by atoms with Crippen molar-refractivity contribution < 1.29 is 24.2 Å². The number of rotatable bonds is 5. The fourth-order valence-corrected chi connectivity index (χ4v) is 2.92. The smallest absolute Gasteiger partial charge is 0.349 e. The van der Waals surface area contributed by atoms with Crippen LogP contribution in [0.4, 0.5) is 0 Å². The fourth-order valence-electron chi connectivity index (χ4n) is 2.32. The molecule has 0 fully saturated rings. The van der Waals surface area contributed by atoms with Crippen LogP contribution in [0.25, 0.3) is 10.8 Å². The zero-order valence-electron chi connectivity index (χ0n) is 12.9. The molecule has 0 aliphatic rings. The highest BCUT2D eigenvalue weighted by atomic mass is 79.9. The summed E-state index contributed by atoms with van der Waals surface area (Å²) in [6.45, 7) is -0.297. The summed E-state index contributed by atoms with van der Waals surface area (Å²) in [6.07, 6.45) is 0. The summed E-state index contributed by atoms with van der Waals surface area (Å²) >= 11 is 3.48. The SMILES string of the molecule is O=C(COc1ccc2ccccc2c1Br)Oc1cccc(C(=O)O)c1. The molecule has 0 bridgehead atoms. The number of hydrogen-bond acceptors (Lipinski definition) is 4. The summed E-state index contributed by atoms with van der Waals surface area (Å²) < 4.78 is 11.4. The molecule has 0 spiro atoms. The second-order valence-electron chi connectivity index (χ2n) is 5.19. The van der Waals surface area contributed by atoms with Crippen LogP contribution in [0, 0.1) is 0 Å². The molecule has 3 rings (SSSR count). The van der Waals surface area contributed by atoms with Crippen LogP contribution in [0.5, 0.6) is 11.5 Å². The first-order chi connectivity index (χ1) is 12.0. The third-order valence-electron chi connectivity index (χ3n) is 3.49. The maximum absolute atomic E-state index is 11.9. The highest BCUT2D eigenvalue weighted by Crippen LogP contribution is 2.33. The van der Waals surface area contributed by atoms with Gasteiger partial charge in [0.15, 0.2) is 6.61 Å². The number of halogens is 1. The van der Waals surface area contributed by atoms with Crippen LogP contribution < -0.4 is 9.47 Å². The van der Waals surface area contributed by atoms with E-state index in [4.69, 9.17) is 14.6 Å². The second kappa shape index (κ2) is 7.36. The highest BCUT2D eigenvalue weighted by Gasteiger charge is 2.11. The van der Waals surface area contributed by atoms with Crippen molar-refractivity contribution in [2.75, 3.05) is 6.61 Å². The Balaban J connectivity index is 1.67. The lowest BCUT2D eigenvalue weighted by Crippen LogP contribution is -2.18. The molecule has 0 aliphatic heterocycles. The molecule has 0 aliphatic carbocycles. The van der Waals surface area contributed by atoms with E-state index in [1.54, 1.807) is 6.07 Å². The van der Waals surface area contributed by atoms with Gasteiger partial charge in [0, 0.05) is 0 Å². The number of ether oxygens (including phenoxy) is 2. The van der Waals surface area contributed by atoms with E-state index in [-0.39, 0.29) is 17.9 Å². The van der Waals surface area contributed by atoms with Crippen LogP contribution >= 0.6 is 15.9 Å². The van der Waals surface area contributed by atoms with Gasteiger partial charge >= 0.3 is 11.9 Å². The number of benzene rings is 3. The molecule has 1 N–H and O–H groups in total. The van der Waals surface area contributed by atoms with E-state index in [9.17, 15) is 9.59 Å². The molecule has 0 saturated carbocycles. The first-order valence-corrected chi connectivity index (χ1v) is 8.18. The maximum Gasteiger partial charge on any atom is 0.349 e. The van der Waals surface area contributed by atoms with E-state index in [0.29, 0.717) is 5.75 Å². The Bertz CT molecular complexity index is 951. The second-order valence-corrected chi connectivity index (χ2v) is 5.99. The molecule has 0 aromatic heterocycles. The highest BCUT2D eigenvalue weighted by molar-refractivity contribution is 9.10. The Hall–Kier alpha value is -2.86. The number of hydrogen-bond donors (Lipinski definition) is 1. The van der Waals surface area contributed by atoms with E-state index < -0.39 is 11.9 Å². The van der Waals surface area contributed by atoms with Gasteiger partial charge in [-0.15, -0.1) is 0 Å². The van der Waals surface area contributed by atoms with Crippen molar-refractivity contribution in [1.29, 1.82) is 0 Å². The van der Waals surface area contributed by atoms with Crippen LogP contribution in [0.3, 0.4) is 0 Å². The zero-order chi connectivity index (χ0) is 17.8. The molecule has 6 heteroatoms. The van der Waals surface area contributed by atoms with Gasteiger partial charge in [-0.2, -0.15) is 0 Å². The first kappa shape index (κ1) is 17.0. The Morgan fingerprint density at radius 1 is 1.00 bits per heavy atom. The summed E-state index contributed by atoms with van der Waals surface area (Å²) in [5, 5.41) is 11.0. The lowest BCUT2D eigenvalue weighted by molar-refractivity contribution is -0.136.